The molecule has 0 aliphatic heterocycles. The molecule has 1 rings (SSSR count). The third-order valence-corrected chi connectivity index (χ3v) is 1.89. The molecule has 1 aliphatic rings. The van der Waals surface area contributed by atoms with E-state index in [2.05, 4.69) is 6.92 Å². The SMILES string of the molecule is CC1C=CC=C(F)C(C)C1. The zero-order chi connectivity index (χ0) is 7.56. The number of halogens is 1. The fourth-order valence-corrected chi connectivity index (χ4v) is 1.25. The maximum absolute atomic E-state index is 12.8. The van der Waals surface area contributed by atoms with E-state index in [1.807, 2.05) is 19.1 Å². The van der Waals surface area contributed by atoms with Gasteiger partial charge >= 0.3 is 0 Å². The minimum atomic E-state index is 0.0144. The lowest BCUT2D eigenvalue weighted by molar-refractivity contribution is 0.436. The molecular formula is C9H13F. The van der Waals surface area contributed by atoms with Gasteiger partial charge in [0.25, 0.3) is 0 Å². The summed E-state index contributed by atoms with van der Waals surface area (Å²) >= 11 is 0. The zero-order valence-electron chi connectivity index (χ0n) is 6.47. The van der Waals surface area contributed by atoms with Crippen LogP contribution in [0, 0.1) is 11.8 Å². The van der Waals surface area contributed by atoms with E-state index in [0.29, 0.717) is 5.92 Å². The molecular weight excluding hydrogens is 127 g/mol. The molecule has 0 N–H and O–H groups in total. The molecule has 0 fully saturated rings. The predicted molar refractivity (Wildman–Crippen MR) is 41.3 cm³/mol. The van der Waals surface area contributed by atoms with Crippen LogP contribution in [0.3, 0.4) is 0 Å². The molecule has 0 aromatic heterocycles. The normalized spacial score (nSPS) is 33.3. The summed E-state index contributed by atoms with van der Waals surface area (Å²) in [6.07, 6.45) is 6.35. The first kappa shape index (κ1) is 7.52. The first-order chi connectivity index (χ1) is 4.70. The smallest absolute Gasteiger partial charge is 0.103 e. The highest BCUT2D eigenvalue weighted by Gasteiger charge is 2.12. The van der Waals surface area contributed by atoms with Crippen LogP contribution in [0.2, 0.25) is 0 Å². The summed E-state index contributed by atoms with van der Waals surface area (Å²) in [5, 5.41) is 0. The minimum absolute atomic E-state index is 0.0144. The third kappa shape index (κ3) is 1.69. The zero-order valence-corrected chi connectivity index (χ0v) is 6.47. The lowest BCUT2D eigenvalue weighted by Gasteiger charge is -2.09. The van der Waals surface area contributed by atoms with Crippen molar-refractivity contribution in [3.63, 3.8) is 0 Å². The standard InChI is InChI=1S/C9H13F/c1-7-4-3-5-9(10)8(2)6-7/h3-5,7-8H,6H2,1-2H3. The molecule has 1 heteroatoms. The first-order valence-corrected chi connectivity index (χ1v) is 3.74. The van der Waals surface area contributed by atoms with Gasteiger partial charge in [0.15, 0.2) is 0 Å². The van der Waals surface area contributed by atoms with E-state index in [-0.39, 0.29) is 11.7 Å². The molecule has 2 atom stereocenters. The van der Waals surface area contributed by atoms with Crippen LogP contribution in [0.4, 0.5) is 4.39 Å². The quantitative estimate of drug-likeness (QED) is 0.485. The second-order valence-corrected chi connectivity index (χ2v) is 3.05. The second-order valence-electron chi connectivity index (χ2n) is 3.05. The van der Waals surface area contributed by atoms with Gasteiger partial charge < -0.3 is 0 Å². The largest absolute Gasteiger partial charge is 0.212 e. The molecule has 2 unspecified atom stereocenters. The molecule has 0 spiro atoms. The molecule has 10 heavy (non-hydrogen) atoms. The van der Waals surface area contributed by atoms with Gasteiger partial charge in [-0.2, -0.15) is 0 Å². The van der Waals surface area contributed by atoms with E-state index >= 15 is 0 Å². The maximum atomic E-state index is 12.8. The second kappa shape index (κ2) is 3.00. The summed E-state index contributed by atoms with van der Waals surface area (Å²) < 4.78 is 12.8. The van der Waals surface area contributed by atoms with Crippen LogP contribution in [-0.4, -0.2) is 0 Å². The van der Waals surface area contributed by atoms with Crippen LogP contribution in [0.15, 0.2) is 24.1 Å². The van der Waals surface area contributed by atoms with Crippen molar-refractivity contribution < 1.29 is 4.39 Å². The van der Waals surface area contributed by atoms with Gasteiger partial charge in [0, 0.05) is 5.92 Å². The molecule has 0 amide bonds. The van der Waals surface area contributed by atoms with Crippen LogP contribution < -0.4 is 0 Å². The summed E-state index contributed by atoms with van der Waals surface area (Å²) in [6, 6.07) is 0. The molecule has 0 saturated carbocycles. The van der Waals surface area contributed by atoms with Crippen molar-refractivity contribution in [3.8, 4) is 0 Å². The lowest BCUT2D eigenvalue weighted by Crippen LogP contribution is -1.99. The molecule has 0 saturated heterocycles. The van der Waals surface area contributed by atoms with E-state index in [4.69, 9.17) is 0 Å². The number of hydrogen-bond donors (Lipinski definition) is 0. The van der Waals surface area contributed by atoms with Crippen LogP contribution in [0.5, 0.6) is 0 Å². The summed E-state index contributed by atoms with van der Waals surface area (Å²) in [5.74, 6) is 0.630. The highest BCUT2D eigenvalue weighted by molar-refractivity contribution is 5.13. The monoisotopic (exact) mass is 140 g/mol. The molecule has 0 heterocycles. The number of rotatable bonds is 0. The van der Waals surface area contributed by atoms with Crippen molar-refractivity contribution >= 4 is 0 Å². The molecule has 0 nitrogen and oxygen atoms in total. The van der Waals surface area contributed by atoms with Gasteiger partial charge in [-0.1, -0.05) is 26.0 Å². The maximum Gasteiger partial charge on any atom is 0.103 e. The van der Waals surface area contributed by atoms with Gasteiger partial charge in [0.1, 0.15) is 5.83 Å². The van der Waals surface area contributed by atoms with Gasteiger partial charge in [-0.3, -0.25) is 0 Å². The number of allylic oxidation sites excluding steroid dienone is 4. The van der Waals surface area contributed by atoms with Crippen molar-refractivity contribution in [1.82, 2.24) is 0 Å². The summed E-state index contributed by atoms with van der Waals surface area (Å²) in [7, 11) is 0. The van der Waals surface area contributed by atoms with E-state index < -0.39 is 0 Å². The molecule has 0 bridgehead atoms. The van der Waals surface area contributed by atoms with Crippen molar-refractivity contribution in [3.05, 3.63) is 24.1 Å². The highest BCUT2D eigenvalue weighted by atomic mass is 19.1. The van der Waals surface area contributed by atoms with Gasteiger partial charge in [-0.25, -0.2) is 4.39 Å². The average molecular weight is 140 g/mol. The predicted octanol–water partition coefficient (Wildman–Crippen LogP) is 3.07. The topological polar surface area (TPSA) is 0 Å². The van der Waals surface area contributed by atoms with E-state index in [1.54, 1.807) is 6.08 Å². The van der Waals surface area contributed by atoms with Gasteiger partial charge in [-0.15, -0.1) is 0 Å². The Balaban J connectivity index is 2.67. The Morgan fingerprint density at radius 2 is 2.20 bits per heavy atom. The highest BCUT2D eigenvalue weighted by Crippen LogP contribution is 2.24. The Morgan fingerprint density at radius 1 is 1.50 bits per heavy atom. The van der Waals surface area contributed by atoms with Crippen LogP contribution in [0.25, 0.3) is 0 Å². The average Bonchev–Trinajstić information content (AvgIpc) is 1.96. The Labute approximate surface area is 61.4 Å². The fraction of sp³-hybridized carbons (Fsp3) is 0.556. The Morgan fingerprint density at radius 3 is 2.90 bits per heavy atom. The van der Waals surface area contributed by atoms with Gasteiger partial charge in [-0.05, 0) is 18.4 Å². The van der Waals surface area contributed by atoms with Crippen molar-refractivity contribution in [1.29, 1.82) is 0 Å². The van der Waals surface area contributed by atoms with Crippen molar-refractivity contribution in [2.45, 2.75) is 20.3 Å². The Kier molecular flexibility index (Phi) is 2.25. The van der Waals surface area contributed by atoms with Crippen LogP contribution >= 0.6 is 0 Å². The van der Waals surface area contributed by atoms with Gasteiger partial charge in [0.2, 0.25) is 0 Å². The molecule has 0 aromatic carbocycles. The molecule has 56 valence electrons. The number of hydrogen-bond acceptors (Lipinski definition) is 0. The minimum Gasteiger partial charge on any atom is -0.212 e. The summed E-state index contributed by atoms with van der Waals surface area (Å²) in [4.78, 5) is 0. The Bertz CT molecular complexity index is 168. The molecule has 1 aliphatic carbocycles. The third-order valence-electron chi connectivity index (χ3n) is 1.89. The van der Waals surface area contributed by atoms with Crippen molar-refractivity contribution in [2.24, 2.45) is 11.8 Å². The van der Waals surface area contributed by atoms with Gasteiger partial charge in [0.05, 0.1) is 0 Å². The van der Waals surface area contributed by atoms with E-state index in [1.165, 1.54) is 0 Å². The van der Waals surface area contributed by atoms with E-state index in [0.717, 1.165) is 6.42 Å². The van der Waals surface area contributed by atoms with Crippen LogP contribution in [-0.2, 0) is 0 Å². The summed E-state index contributed by atoms with van der Waals surface area (Å²) in [5.41, 5.74) is 0. The molecule has 0 aromatic rings. The molecule has 0 radical (unpaired) electrons. The van der Waals surface area contributed by atoms with E-state index in [9.17, 15) is 4.39 Å². The fourth-order valence-electron chi connectivity index (χ4n) is 1.25. The van der Waals surface area contributed by atoms with Crippen LogP contribution in [0.1, 0.15) is 20.3 Å². The summed E-state index contributed by atoms with van der Waals surface area (Å²) in [6.45, 7) is 4.04. The first-order valence-electron chi connectivity index (χ1n) is 3.74. The lowest BCUT2D eigenvalue weighted by atomic mass is 9.98. The Hall–Kier alpha value is -0.590. The van der Waals surface area contributed by atoms with Crippen molar-refractivity contribution in [2.75, 3.05) is 0 Å².